The van der Waals surface area contributed by atoms with E-state index in [4.69, 9.17) is 10.2 Å². The van der Waals surface area contributed by atoms with E-state index in [-0.39, 0.29) is 6.04 Å². The van der Waals surface area contributed by atoms with Gasteiger partial charge in [0.1, 0.15) is 0 Å². The van der Waals surface area contributed by atoms with E-state index in [1.54, 1.807) is 6.20 Å². The second-order valence-corrected chi connectivity index (χ2v) is 5.58. The van der Waals surface area contributed by atoms with Gasteiger partial charge in [0, 0.05) is 13.6 Å². The topological polar surface area (TPSA) is 52.0 Å². The predicted molar refractivity (Wildman–Crippen MR) is 75.0 cm³/mol. The molecule has 0 aliphatic heterocycles. The zero-order chi connectivity index (χ0) is 11.7. The number of rotatable bonds is 2. The van der Waals surface area contributed by atoms with Crippen LogP contribution in [0.1, 0.15) is 18.9 Å². The summed E-state index contributed by atoms with van der Waals surface area (Å²) in [7, 11) is 0. The van der Waals surface area contributed by atoms with Gasteiger partial charge in [-0.2, -0.15) is 0 Å². The highest BCUT2D eigenvalue weighted by Gasteiger charge is 2.12. The van der Waals surface area contributed by atoms with Gasteiger partial charge in [-0.3, -0.25) is 0 Å². The Kier molecular flexibility index (Phi) is 3.66. The Hall–Kier alpha value is -0.400. The van der Waals surface area contributed by atoms with Crippen molar-refractivity contribution in [2.75, 3.05) is 0 Å². The Morgan fingerprint density at radius 3 is 2.88 bits per heavy atom. The van der Waals surface area contributed by atoms with E-state index in [1.807, 2.05) is 25.1 Å². The number of aromatic nitrogens is 1. The first kappa shape index (κ1) is 12.1. The van der Waals surface area contributed by atoms with Gasteiger partial charge in [-0.15, -0.1) is 0 Å². The maximum absolute atomic E-state index is 5.70. The zero-order valence-corrected chi connectivity index (χ0v) is 12.3. The lowest BCUT2D eigenvalue weighted by molar-refractivity contribution is 0.473. The lowest BCUT2D eigenvalue weighted by Crippen LogP contribution is -2.04. The van der Waals surface area contributed by atoms with Crippen LogP contribution in [0.4, 0.5) is 0 Å². The molecule has 5 heteroatoms. The molecule has 2 N–H and O–H groups in total. The number of nitrogens with zero attached hydrogens (tertiary/aromatic N) is 1. The van der Waals surface area contributed by atoms with Crippen molar-refractivity contribution >= 4 is 38.5 Å². The van der Waals surface area contributed by atoms with Gasteiger partial charge in [0.2, 0.25) is 5.89 Å². The van der Waals surface area contributed by atoms with Crippen molar-refractivity contribution in [2.24, 2.45) is 5.73 Å². The smallest absolute Gasteiger partial charge is 0.211 e. The van der Waals surface area contributed by atoms with Crippen LogP contribution in [0.2, 0.25) is 0 Å². The molecule has 0 saturated carbocycles. The van der Waals surface area contributed by atoms with Crippen LogP contribution in [-0.4, -0.2) is 4.98 Å². The van der Waals surface area contributed by atoms with E-state index in [0.29, 0.717) is 5.89 Å². The van der Waals surface area contributed by atoms with Gasteiger partial charge >= 0.3 is 0 Å². The number of hydrogen-bond donors (Lipinski definition) is 1. The molecule has 1 aromatic heterocycles. The minimum atomic E-state index is -0.185. The SMILES string of the molecule is CC(N)c1ncc(-c2cc(I)ccc2Br)o1. The monoisotopic (exact) mass is 392 g/mol. The van der Waals surface area contributed by atoms with Gasteiger partial charge in [-0.05, 0) is 47.7 Å². The molecule has 0 aliphatic rings. The third-order valence-electron chi connectivity index (χ3n) is 2.11. The van der Waals surface area contributed by atoms with Crippen molar-refractivity contribution in [3.05, 3.63) is 38.3 Å². The summed E-state index contributed by atoms with van der Waals surface area (Å²) in [5.41, 5.74) is 6.70. The van der Waals surface area contributed by atoms with Gasteiger partial charge in [-0.1, -0.05) is 15.9 Å². The lowest BCUT2D eigenvalue weighted by Gasteiger charge is -2.01. The maximum atomic E-state index is 5.70. The van der Waals surface area contributed by atoms with Gasteiger partial charge in [0.15, 0.2) is 5.76 Å². The molecule has 0 radical (unpaired) electrons. The first-order valence-electron chi connectivity index (χ1n) is 4.74. The van der Waals surface area contributed by atoms with Crippen molar-refractivity contribution in [1.82, 2.24) is 4.98 Å². The molecule has 1 aromatic carbocycles. The Bertz CT molecular complexity index is 510. The third-order valence-corrected chi connectivity index (χ3v) is 3.47. The van der Waals surface area contributed by atoms with Crippen LogP contribution < -0.4 is 5.73 Å². The summed E-state index contributed by atoms with van der Waals surface area (Å²) in [5, 5.41) is 0. The number of nitrogens with two attached hydrogens (primary N) is 1. The molecule has 0 amide bonds. The van der Waals surface area contributed by atoms with E-state index < -0.39 is 0 Å². The highest BCUT2D eigenvalue weighted by atomic mass is 127. The van der Waals surface area contributed by atoms with Crippen LogP contribution in [0, 0.1) is 3.57 Å². The number of oxazole rings is 1. The van der Waals surface area contributed by atoms with Crippen LogP contribution in [-0.2, 0) is 0 Å². The van der Waals surface area contributed by atoms with E-state index in [2.05, 4.69) is 43.5 Å². The van der Waals surface area contributed by atoms with Crippen LogP contribution >= 0.6 is 38.5 Å². The fraction of sp³-hybridized carbons (Fsp3) is 0.182. The minimum absolute atomic E-state index is 0.185. The fourth-order valence-corrected chi connectivity index (χ4v) is 2.24. The summed E-state index contributed by atoms with van der Waals surface area (Å²) in [6.07, 6.45) is 1.70. The molecule has 1 atom stereocenters. The molecule has 2 rings (SSSR count). The average molecular weight is 393 g/mol. The Balaban J connectivity index is 2.46. The summed E-state index contributed by atoms with van der Waals surface area (Å²) in [6, 6.07) is 5.87. The Morgan fingerprint density at radius 2 is 2.25 bits per heavy atom. The normalized spacial score (nSPS) is 12.8. The molecular weight excluding hydrogens is 383 g/mol. The van der Waals surface area contributed by atoms with Crippen molar-refractivity contribution < 1.29 is 4.42 Å². The van der Waals surface area contributed by atoms with Crippen LogP contribution in [0.5, 0.6) is 0 Å². The maximum Gasteiger partial charge on any atom is 0.211 e. The van der Waals surface area contributed by atoms with Crippen LogP contribution in [0.3, 0.4) is 0 Å². The zero-order valence-electron chi connectivity index (χ0n) is 8.58. The molecule has 0 saturated heterocycles. The molecule has 16 heavy (non-hydrogen) atoms. The standard InChI is InChI=1S/C11H10BrIN2O/c1-6(14)11-15-5-10(16-11)8-4-7(13)2-3-9(8)12/h2-6H,14H2,1H3. The molecular formula is C11H10BrIN2O. The summed E-state index contributed by atoms with van der Waals surface area (Å²) < 4.78 is 7.73. The molecule has 3 nitrogen and oxygen atoms in total. The summed E-state index contributed by atoms with van der Waals surface area (Å²) in [4.78, 5) is 4.15. The Morgan fingerprint density at radius 1 is 1.50 bits per heavy atom. The highest BCUT2D eigenvalue weighted by molar-refractivity contribution is 14.1. The molecule has 2 aromatic rings. The fourth-order valence-electron chi connectivity index (χ4n) is 1.31. The number of halogens is 2. The summed E-state index contributed by atoms with van der Waals surface area (Å²) in [6.45, 7) is 1.85. The number of hydrogen-bond acceptors (Lipinski definition) is 3. The van der Waals surface area contributed by atoms with Gasteiger partial charge in [-0.25, -0.2) is 4.98 Å². The minimum Gasteiger partial charge on any atom is -0.439 e. The third kappa shape index (κ3) is 2.46. The molecule has 1 heterocycles. The van der Waals surface area contributed by atoms with Crippen molar-refractivity contribution in [1.29, 1.82) is 0 Å². The molecule has 0 fully saturated rings. The Labute approximate surface area is 116 Å². The predicted octanol–water partition coefficient (Wildman–Crippen LogP) is 3.73. The molecule has 84 valence electrons. The first-order valence-corrected chi connectivity index (χ1v) is 6.62. The quantitative estimate of drug-likeness (QED) is 0.792. The lowest BCUT2D eigenvalue weighted by atomic mass is 10.2. The van der Waals surface area contributed by atoms with Gasteiger partial charge < -0.3 is 10.2 Å². The molecule has 0 spiro atoms. The van der Waals surface area contributed by atoms with Crippen molar-refractivity contribution in [3.8, 4) is 11.3 Å². The van der Waals surface area contributed by atoms with Crippen LogP contribution in [0.25, 0.3) is 11.3 Å². The average Bonchev–Trinajstić information content (AvgIpc) is 2.70. The largest absolute Gasteiger partial charge is 0.439 e. The number of benzene rings is 1. The van der Waals surface area contributed by atoms with E-state index in [1.165, 1.54) is 0 Å². The van der Waals surface area contributed by atoms with Crippen molar-refractivity contribution in [3.63, 3.8) is 0 Å². The van der Waals surface area contributed by atoms with Crippen LogP contribution in [0.15, 0.2) is 33.3 Å². The van der Waals surface area contributed by atoms with E-state index in [9.17, 15) is 0 Å². The van der Waals surface area contributed by atoms with E-state index in [0.717, 1.165) is 19.4 Å². The second-order valence-electron chi connectivity index (χ2n) is 3.48. The van der Waals surface area contributed by atoms with Gasteiger partial charge in [0.25, 0.3) is 0 Å². The highest BCUT2D eigenvalue weighted by Crippen LogP contribution is 2.30. The molecule has 1 unspecified atom stereocenters. The summed E-state index contributed by atoms with van der Waals surface area (Å²) >= 11 is 5.75. The van der Waals surface area contributed by atoms with Crippen molar-refractivity contribution in [2.45, 2.75) is 13.0 Å². The molecule has 0 bridgehead atoms. The van der Waals surface area contributed by atoms with Gasteiger partial charge in [0.05, 0.1) is 12.2 Å². The summed E-state index contributed by atoms with van der Waals surface area (Å²) in [5.74, 6) is 1.29. The first-order chi connectivity index (χ1) is 7.58. The van der Waals surface area contributed by atoms with E-state index >= 15 is 0 Å². The second kappa shape index (κ2) is 4.85. The molecule has 0 aliphatic carbocycles.